The number of hydrogen-bond donors (Lipinski definition) is 1. The van der Waals surface area contributed by atoms with Crippen molar-refractivity contribution in [1.82, 2.24) is 0 Å². The molecule has 2 atom stereocenters. The average Bonchev–Trinajstić information content (AvgIpc) is 2.33. The van der Waals surface area contributed by atoms with Crippen LogP contribution in [0.25, 0.3) is 0 Å². The summed E-state index contributed by atoms with van der Waals surface area (Å²) in [6.07, 6.45) is 3.45. The average molecular weight is 219 g/mol. The Morgan fingerprint density at radius 1 is 1.38 bits per heavy atom. The Kier molecular flexibility index (Phi) is 3.97. The lowest BCUT2D eigenvalue weighted by Crippen LogP contribution is -2.28. The monoisotopic (exact) mass is 219 g/mol. The second-order valence-electron chi connectivity index (χ2n) is 4.51. The van der Waals surface area contributed by atoms with Crippen molar-refractivity contribution in [3.63, 3.8) is 0 Å². The van der Waals surface area contributed by atoms with Crippen molar-refractivity contribution >= 4 is 0 Å². The number of hydrogen-bond acceptors (Lipinski definition) is 2. The lowest BCUT2D eigenvalue weighted by molar-refractivity contribution is 0.124. The van der Waals surface area contributed by atoms with Gasteiger partial charge >= 0.3 is 0 Å². The van der Waals surface area contributed by atoms with E-state index in [9.17, 15) is 0 Å². The van der Waals surface area contributed by atoms with Gasteiger partial charge in [-0.25, -0.2) is 0 Å². The summed E-state index contributed by atoms with van der Waals surface area (Å²) in [4.78, 5) is 0. The first-order valence-corrected chi connectivity index (χ1v) is 6.24. The Bertz CT molecular complexity index is 337. The smallest absolute Gasteiger partial charge is 0.0469 e. The fourth-order valence-corrected chi connectivity index (χ4v) is 2.56. The molecule has 1 aromatic rings. The number of aryl methyl sites for hydroxylation is 1. The zero-order chi connectivity index (χ0) is 11.4. The molecule has 2 heteroatoms. The first-order valence-electron chi connectivity index (χ1n) is 6.24. The molecule has 88 valence electrons. The van der Waals surface area contributed by atoms with Crippen molar-refractivity contribution in [1.29, 1.82) is 0 Å². The highest BCUT2D eigenvalue weighted by Gasteiger charge is 2.25. The molecule has 0 saturated heterocycles. The van der Waals surface area contributed by atoms with Crippen LogP contribution >= 0.6 is 0 Å². The largest absolute Gasteiger partial charge is 0.382 e. The minimum atomic E-state index is 0.199. The highest BCUT2D eigenvalue weighted by atomic mass is 16.5. The minimum absolute atomic E-state index is 0.199. The van der Waals surface area contributed by atoms with E-state index in [4.69, 9.17) is 10.5 Å². The van der Waals surface area contributed by atoms with Crippen LogP contribution in [0.5, 0.6) is 0 Å². The van der Waals surface area contributed by atoms with Gasteiger partial charge in [-0.3, -0.25) is 0 Å². The van der Waals surface area contributed by atoms with Crippen molar-refractivity contribution in [3.05, 3.63) is 35.4 Å². The summed E-state index contributed by atoms with van der Waals surface area (Å²) >= 11 is 0. The molecule has 2 nitrogen and oxygen atoms in total. The molecule has 0 aliphatic heterocycles. The highest BCUT2D eigenvalue weighted by Crippen LogP contribution is 2.34. The van der Waals surface area contributed by atoms with Crippen LogP contribution in [0.4, 0.5) is 0 Å². The van der Waals surface area contributed by atoms with Crippen LogP contribution in [0.3, 0.4) is 0 Å². The normalized spacial score (nSPS) is 24.1. The molecule has 2 N–H and O–H groups in total. The molecule has 2 unspecified atom stereocenters. The third-order valence-corrected chi connectivity index (χ3v) is 3.54. The van der Waals surface area contributed by atoms with Crippen LogP contribution < -0.4 is 5.73 Å². The fraction of sp³-hybridized carbons (Fsp3) is 0.571. The van der Waals surface area contributed by atoms with E-state index < -0.39 is 0 Å². The van der Waals surface area contributed by atoms with Crippen LogP contribution in [0, 0.1) is 5.92 Å². The maximum absolute atomic E-state index is 6.32. The Balaban J connectivity index is 2.00. The van der Waals surface area contributed by atoms with Gasteiger partial charge in [0.25, 0.3) is 0 Å². The molecule has 1 aliphatic rings. The topological polar surface area (TPSA) is 35.2 Å². The fourth-order valence-electron chi connectivity index (χ4n) is 2.56. The standard InChI is InChI=1S/C14H21NO/c1-2-16-10-9-12-8-7-11-5-3-4-6-13(11)14(12)15/h3-6,12,14H,2,7-10,15H2,1H3. The quantitative estimate of drug-likeness (QED) is 0.790. The summed E-state index contributed by atoms with van der Waals surface area (Å²) in [5, 5.41) is 0. The molecule has 0 spiro atoms. The third kappa shape index (κ3) is 2.45. The van der Waals surface area contributed by atoms with Crippen molar-refractivity contribution in [2.75, 3.05) is 13.2 Å². The van der Waals surface area contributed by atoms with Crippen LogP contribution in [0.1, 0.15) is 36.9 Å². The van der Waals surface area contributed by atoms with E-state index in [-0.39, 0.29) is 6.04 Å². The Hall–Kier alpha value is -0.860. The predicted octanol–water partition coefficient (Wildman–Crippen LogP) is 2.68. The molecule has 1 aromatic carbocycles. The summed E-state index contributed by atoms with van der Waals surface area (Å²) in [5.74, 6) is 0.585. The van der Waals surface area contributed by atoms with Gasteiger partial charge < -0.3 is 10.5 Å². The van der Waals surface area contributed by atoms with Crippen molar-refractivity contribution < 1.29 is 4.74 Å². The van der Waals surface area contributed by atoms with Crippen LogP contribution in [-0.2, 0) is 11.2 Å². The minimum Gasteiger partial charge on any atom is -0.382 e. The molecule has 2 rings (SSSR count). The first-order chi connectivity index (χ1) is 7.83. The molecule has 1 aliphatic carbocycles. The van der Waals surface area contributed by atoms with Gasteiger partial charge in [0.05, 0.1) is 0 Å². The predicted molar refractivity (Wildman–Crippen MR) is 66.3 cm³/mol. The van der Waals surface area contributed by atoms with Gasteiger partial charge in [0, 0.05) is 19.3 Å². The summed E-state index contributed by atoms with van der Waals surface area (Å²) in [5.41, 5.74) is 9.09. The van der Waals surface area contributed by atoms with E-state index in [0.717, 1.165) is 19.6 Å². The molecular formula is C14H21NO. The van der Waals surface area contributed by atoms with E-state index in [1.165, 1.54) is 24.0 Å². The molecule has 0 aromatic heterocycles. The van der Waals surface area contributed by atoms with E-state index in [1.54, 1.807) is 0 Å². The van der Waals surface area contributed by atoms with Crippen LogP contribution in [0.2, 0.25) is 0 Å². The second kappa shape index (κ2) is 5.46. The van der Waals surface area contributed by atoms with Gasteiger partial charge in [0.2, 0.25) is 0 Å². The lowest BCUT2D eigenvalue weighted by atomic mass is 9.79. The van der Waals surface area contributed by atoms with Crippen molar-refractivity contribution in [2.24, 2.45) is 11.7 Å². The van der Waals surface area contributed by atoms with E-state index >= 15 is 0 Å². The van der Waals surface area contributed by atoms with Crippen molar-refractivity contribution in [2.45, 2.75) is 32.2 Å². The van der Waals surface area contributed by atoms with Gasteiger partial charge in [-0.2, -0.15) is 0 Å². The molecule has 0 amide bonds. The number of rotatable bonds is 4. The maximum Gasteiger partial charge on any atom is 0.0469 e. The van der Waals surface area contributed by atoms with Crippen molar-refractivity contribution in [3.8, 4) is 0 Å². The third-order valence-electron chi connectivity index (χ3n) is 3.54. The van der Waals surface area contributed by atoms with E-state index in [2.05, 4.69) is 24.3 Å². The van der Waals surface area contributed by atoms with Crippen LogP contribution in [0.15, 0.2) is 24.3 Å². The molecule has 0 bridgehead atoms. The van der Waals surface area contributed by atoms with Gasteiger partial charge in [-0.1, -0.05) is 24.3 Å². The van der Waals surface area contributed by atoms with E-state index in [1.807, 2.05) is 6.92 Å². The molecule has 0 heterocycles. The second-order valence-corrected chi connectivity index (χ2v) is 4.51. The maximum atomic E-state index is 6.32. The Morgan fingerprint density at radius 2 is 2.19 bits per heavy atom. The van der Waals surface area contributed by atoms with Gasteiger partial charge in [-0.05, 0) is 43.2 Å². The highest BCUT2D eigenvalue weighted by molar-refractivity contribution is 5.32. The number of fused-ring (bicyclic) bond motifs is 1. The molecule has 0 saturated carbocycles. The zero-order valence-corrected chi connectivity index (χ0v) is 9.99. The molecule has 0 radical (unpaired) electrons. The van der Waals surface area contributed by atoms with Gasteiger partial charge in [0.15, 0.2) is 0 Å². The summed E-state index contributed by atoms with van der Waals surface area (Å²) in [7, 11) is 0. The Labute approximate surface area is 97.8 Å². The number of nitrogens with two attached hydrogens (primary N) is 1. The summed E-state index contributed by atoms with van der Waals surface area (Å²) < 4.78 is 5.42. The molecular weight excluding hydrogens is 198 g/mol. The van der Waals surface area contributed by atoms with Crippen LogP contribution in [-0.4, -0.2) is 13.2 Å². The zero-order valence-electron chi connectivity index (χ0n) is 9.99. The van der Waals surface area contributed by atoms with Gasteiger partial charge in [0.1, 0.15) is 0 Å². The van der Waals surface area contributed by atoms with Gasteiger partial charge in [-0.15, -0.1) is 0 Å². The number of benzene rings is 1. The summed E-state index contributed by atoms with van der Waals surface area (Å²) in [6.45, 7) is 3.69. The number of ether oxygens (including phenoxy) is 1. The first kappa shape index (κ1) is 11.6. The Morgan fingerprint density at radius 3 is 3.00 bits per heavy atom. The molecule has 16 heavy (non-hydrogen) atoms. The lowest BCUT2D eigenvalue weighted by Gasteiger charge is -2.31. The molecule has 0 fully saturated rings. The summed E-state index contributed by atoms with van der Waals surface area (Å²) in [6, 6.07) is 8.77. The van der Waals surface area contributed by atoms with E-state index in [0.29, 0.717) is 5.92 Å². The SMILES string of the molecule is CCOCCC1CCc2ccccc2C1N.